The predicted octanol–water partition coefficient (Wildman–Crippen LogP) is 3.52. The number of benzene rings is 1. The average Bonchev–Trinajstić information content (AvgIpc) is 3.07. The van der Waals surface area contributed by atoms with Gasteiger partial charge in [-0.05, 0) is 24.8 Å². The Hall–Kier alpha value is -1.42. The second-order valence-electron chi connectivity index (χ2n) is 6.60. The van der Waals surface area contributed by atoms with E-state index in [4.69, 9.17) is 9.47 Å². The maximum Gasteiger partial charge on any atom is 0.231 e. The third-order valence-corrected chi connectivity index (χ3v) is 4.39. The molecule has 1 aromatic carbocycles. The minimum Gasteiger partial charge on any atom is -0.507 e. The molecular formula is C17H25NO3. The molecule has 0 saturated heterocycles. The van der Waals surface area contributed by atoms with Gasteiger partial charge in [-0.1, -0.05) is 26.7 Å². The first kappa shape index (κ1) is 14.5. The van der Waals surface area contributed by atoms with E-state index in [1.807, 2.05) is 6.07 Å². The summed E-state index contributed by atoms with van der Waals surface area (Å²) in [6, 6.07) is 4.26. The molecule has 1 aliphatic carbocycles. The van der Waals surface area contributed by atoms with Crippen LogP contribution >= 0.6 is 0 Å². The van der Waals surface area contributed by atoms with E-state index in [0.29, 0.717) is 23.5 Å². The summed E-state index contributed by atoms with van der Waals surface area (Å²) in [5.41, 5.74) is 0.937. The smallest absolute Gasteiger partial charge is 0.231 e. The summed E-state index contributed by atoms with van der Waals surface area (Å²) in [7, 11) is 0. The molecule has 2 aliphatic rings. The number of phenolic OH excluding ortho intramolecular Hbond substituents is 1. The monoisotopic (exact) mass is 291 g/mol. The van der Waals surface area contributed by atoms with Crippen LogP contribution in [-0.2, 0) is 6.54 Å². The molecule has 1 fully saturated rings. The zero-order chi connectivity index (χ0) is 14.8. The minimum absolute atomic E-state index is 0.247. The van der Waals surface area contributed by atoms with Gasteiger partial charge in [0, 0.05) is 30.8 Å². The van der Waals surface area contributed by atoms with Crippen LogP contribution in [0.2, 0.25) is 0 Å². The minimum atomic E-state index is 0.247. The van der Waals surface area contributed by atoms with Gasteiger partial charge in [0.15, 0.2) is 11.5 Å². The van der Waals surface area contributed by atoms with Crippen molar-refractivity contribution in [2.24, 2.45) is 5.92 Å². The summed E-state index contributed by atoms with van der Waals surface area (Å²) in [5.74, 6) is 2.33. The second kappa shape index (κ2) is 6.14. The first-order valence-corrected chi connectivity index (χ1v) is 7.99. The summed E-state index contributed by atoms with van der Waals surface area (Å²) in [6.07, 6.45) is 5.20. The molecule has 3 rings (SSSR count). The lowest BCUT2D eigenvalue weighted by atomic mass is 10.1. The van der Waals surface area contributed by atoms with Crippen molar-refractivity contribution in [3.63, 3.8) is 0 Å². The number of nitrogens with zero attached hydrogens (tertiary/aromatic N) is 1. The fourth-order valence-electron chi connectivity index (χ4n) is 3.40. The summed E-state index contributed by atoms with van der Waals surface area (Å²) >= 11 is 0. The zero-order valence-corrected chi connectivity index (χ0v) is 13.0. The Kier molecular flexibility index (Phi) is 4.24. The largest absolute Gasteiger partial charge is 0.507 e. The van der Waals surface area contributed by atoms with Crippen molar-refractivity contribution in [1.29, 1.82) is 0 Å². The predicted molar refractivity (Wildman–Crippen MR) is 81.7 cm³/mol. The molecule has 1 aromatic rings. The van der Waals surface area contributed by atoms with E-state index < -0.39 is 0 Å². The lowest BCUT2D eigenvalue weighted by molar-refractivity contribution is 0.166. The van der Waals surface area contributed by atoms with Crippen LogP contribution in [0.25, 0.3) is 0 Å². The second-order valence-corrected chi connectivity index (χ2v) is 6.60. The highest BCUT2D eigenvalue weighted by molar-refractivity contribution is 5.51. The standard InChI is InChI=1S/C17H25NO3/c1-12(2)9-18(14-5-3-4-6-14)10-13-7-16-17(8-15(13)19)21-11-20-16/h7-8,12,14,19H,3-6,9-11H2,1-2H3. The number of aromatic hydroxyl groups is 1. The number of fused-ring (bicyclic) bond motifs is 1. The first-order chi connectivity index (χ1) is 10.1. The molecule has 0 bridgehead atoms. The molecule has 1 saturated carbocycles. The molecule has 4 heteroatoms. The van der Waals surface area contributed by atoms with Gasteiger partial charge in [-0.3, -0.25) is 4.90 Å². The van der Waals surface area contributed by atoms with E-state index in [1.54, 1.807) is 6.07 Å². The van der Waals surface area contributed by atoms with Crippen LogP contribution in [0.1, 0.15) is 45.1 Å². The van der Waals surface area contributed by atoms with Gasteiger partial charge in [0.05, 0.1) is 0 Å². The van der Waals surface area contributed by atoms with Crippen molar-refractivity contribution in [1.82, 2.24) is 4.90 Å². The van der Waals surface area contributed by atoms with Gasteiger partial charge in [-0.2, -0.15) is 0 Å². The first-order valence-electron chi connectivity index (χ1n) is 7.99. The lowest BCUT2D eigenvalue weighted by Gasteiger charge is -2.30. The number of rotatable bonds is 5. The summed E-state index contributed by atoms with van der Waals surface area (Å²) < 4.78 is 10.7. The Morgan fingerprint density at radius 1 is 1.19 bits per heavy atom. The van der Waals surface area contributed by atoms with Gasteiger partial charge < -0.3 is 14.6 Å². The van der Waals surface area contributed by atoms with Crippen LogP contribution in [0.5, 0.6) is 17.2 Å². The molecule has 0 unspecified atom stereocenters. The van der Waals surface area contributed by atoms with Crippen molar-refractivity contribution in [3.05, 3.63) is 17.7 Å². The van der Waals surface area contributed by atoms with Gasteiger partial charge >= 0.3 is 0 Å². The third kappa shape index (κ3) is 3.26. The Balaban J connectivity index is 1.78. The van der Waals surface area contributed by atoms with E-state index in [9.17, 15) is 5.11 Å². The van der Waals surface area contributed by atoms with Crippen molar-refractivity contribution < 1.29 is 14.6 Å². The zero-order valence-electron chi connectivity index (χ0n) is 13.0. The van der Waals surface area contributed by atoms with Crippen LogP contribution in [0.4, 0.5) is 0 Å². The van der Waals surface area contributed by atoms with E-state index in [-0.39, 0.29) is 6.79 Å². The topological polar surface area (TPSA) is 41.9 Å². The Bertz CT molecular complexity index is 495. The Labute approximate surface area is 126 Å². The van der Waals surface area contributed by atoms with Crippen LogP contribution < -0.4 is 9.47 Å². The molecule has 1 heterocycles. The van der Waals surface area contributed by atoms with Crippen molar-refractivity contribution in [3.8, 4) is 17.2 Å². The highest BCUT2D eigenvalue weighted by Crippen LogP contribution is 2.38. The van der Waals surface area contributed by atoms with Gasteiger partial charge in [0.1, 0.15) is 5.75 Å². The van der Waals surface area contributed by atoms with Crippen molar-refractivity contribution >= 4 is 0 Å². The SMILES string of the molecule is CC(C)CN(Cc1cc2c(cc1O)OCO2)C1CCCC1. The Morgan fingerprint density at radius 2 is 1.86 bits per heavy atom. The maximum atomic E-state index is 10.2. The van der Waals surface area contributed by atoms with Gasteiger partial charge in [-0.25, -0.2) is 0 Å². The molecule has 0 aromatic heterocycles. The molecule has 1 aliphatic heterocycles. The Morgan fingerprint density at radius 3 is 2.52 bits per heavy atom. The average molecular weight is 291 g/mol. The molecule has 116 valence electrons. The molecular weight excluding hydrogens is 266 g/mol. The van der Waals surface area contributed by atoms with Gasteiger partial charge in [0.2, 0.25) is 6.79 Å². The van der Waals surface area contributed by atoms with E-state index >= 15 is 0 Å². The fourth-order valence-corrected chi connectivity index (χ4v) is 3.40. The molecule has 0 radical (unpaired) electrons. The molecule has 0 spiro atoms. The fraction of sp³-hybridized carbons (Fsp3) is 0.647. The maximum absolute atomic E-state index is 10.2. The van der Waals surface area contributed by atoms with Crippen LogP contribution in [0.3, 0.4) is 0 Å². The van der Waals surface area contributed by atoms with Gasteiger partial charge in [-0.15, -0.1) is 0 Å². The highest BCUT2D eigenvalue weighted by atomic mass is 16.7. The molecule has 0 amide bonds. The molecule has 1 N–H and O–H groups in total. The summed E-state index contributed by atoms with van der Waals surface area (Å²) in [4.78, 5) is 2.52. The highest BCUT2D eigenvalue weighted by Gasteiger charge is 2.25. The molecule has 4 nitrogen and oxygen atoms in total. The van der Waals surface area contributed by atoms with Crippen molar-refractivity contribution in [2.75, 3.05) is 13.3 Å². The van der Waals surface area contributed by atoms with Crippen LogP contribution in [0, 0.1) is 5.92 Å². The van der Waals surface area contributed by atoms with E-state index in [2.05, 4.69) is 18.7 Å². The molecule has 21 heavy (non-hydrogen) atoms. The summed E-state index contributed by atoms with van der Waals surface area (Å²) in [6.45, 7) is 6.60. The normalized spacial score (nSPS) is 18.1. The van der Waals surface area contributed by atoms with Gasteiger partial charge in [0.25, 0.3) is 0 Å². The van der Waals surface area contributed by atoms with E-state index in [0.717, 1.165) is 24.4 Å². The van der Waals surface area contributed by atoms with E-state index in [1.165, 1.54) is 25.7 Å². The lowest BCUT2D eigenvalue weighted by Crippen LogP contribution is -2.35. The number of hydrogen-bond acceptors (Lipinski definition) is 4. The quantitative estimate of drug-likeness (QED) is 0.901. The van der Waals surface area contributed by atoms with Crippen molar-refractivity contribution in [2.45, 2.75) is 52.1 Å². The number of hydrogen-bond donors (Lipinski definition) is 1. The van der Waals surface area contributed by atoms with Crippen LogP contribution in [-0.4, -0.2) is 29.4 Å². The van der Waals surface area contributed by atoms with Crippen LogP contribution in [0.15, 0.2) is 12.1 Å². The molecule has 0 atom stereocenters. The third-order valence-electron chi connectivity index (χ3n) is 4.39. The number of phenols is 1. The number of ether oxygens (including phenoxy) is 2. The summed E-state index contributed by atoms with van der Waals surface area (Å²) in [5, 5.41) is 10.2.